The van der Waals surface area contributed by atoms with Crippen LogP contribution in [0.5, 0.6) is 0 Å². The molecule has 0 aliphatic carbocycles. The number of hydrogen-bond donors (Lipinski definition) is 0. The third-order valence-electron chi connectivity index (χ3n) is 4.83. The molecular formula is C24H19ClN2O2. The predicted molar refractivity (Wildman–Crippen MR) is 115 cm³/mol. The Bertz CT molecular complexity index is 1090. The Kier molecular flexibility index (Phi) is 5.19. The second-order valence-corrected chi connectivity index (χ2v) is 7.29. The van der Waals surface area contributed by atoms with Crippen molar-refractivity contribution < 1.29 is 9.59 Å². The lowest BCUT2D eigenvalue weighted by atomic mass is 10.0. The summed E-state index contributed by atoms with van der Waals surface area (Å²) in [4.78, 5) is 29.8. The van der Waals surface area contributed by atoms with Crippen molar-refractivity contribution in [2.24, 2.45) is 0 Å². The molecule has 4 nitrogen and oxygen atoms in total. The van der Waals surface area contributed by atoms with Crippen LogP contribution in [-0.2, 0) is 16.1 Å². The van der Waals surface area contributed by atoms with Crippen LogP contribution in [0.15, 0.2) is 90.6 Å². The van der Waals surface area contributed by atoms with E-state index in [1.54, 1.807) is 24.3 Å². The average molecular weight is 403 g/mol. The van der Waals surface area contributed by atoms with Crippen LogP contribution >= 0.6 is 11.6 Å². The van der Waals surface area contributed by atoms with Gasteiger partial charge in [0, 0.05) is 18.6 Å². The molecule has 144 valence electrons. The number of amides is 2. The number of carbonyl (C=O) groups is 2. The SMILES string of the molecule is CN(Cc1ccccc1)C1=C(c2ccccc2)C(=O)N(c2cccc(Cl)c2)C1=O. The highest BCUT2D eigenvalue weighted by atomic mass is 35.5. The van der Waals surface area contributed by atoms with Gasteiger partial charge in [0.15, 0.2) is 0 Å². The molecule has 0 radical (unpaired) electrons. The maximum atomic E-state index is 13.4. The smallest absolute Gasteiger partial charge is 0.282 e. The van der Waals surface area contributed by atoms with Gasteiger partial charge in [0.1, 0.15) is 5.70 Å². The summed E-state index contributed by atoms with van der Waals surface area (Å²) in [6.07, 6.45) is 0. The first-order chi connectivity index (χ1) is 14.1. The van der Waals surface area contributed by atoms with E-state index in [1.165, 1.54) is 4.90 Å². The molecule has 4 rings (SSSR count). The second kappa shape index (κ2) is 7.94. The van der Waals surface area contributed by atoms with E-state index in [4.69, 9.17) is 11.6 Å². The van der Waals surface area contributed by atoms with Crippen molar-refractivity contribution in [3.8, 4) is 0 Å². The summed E-state index contributed by atoms with van der Waals surface area (Å²) in [5.74, 6) is -0.701. The molecule has 0 unspecified atom stereocenters. The largest absolute Gasteiger partial charge is 0.365 e. The minimum Gasteiger partial charge on any atom is -0.365 e. The van der Waals surface area contributed by atoms with Gasteiger partial charge >= 0.3 is 0 Å². The van der Waals surface area contributed by atoms with E-state index in [-0.39, 0.29) is 11.8 Å². The number of benzene rings is 3. The molecule has 0 spiro atoms. The zero-order valence-electron chi connectivity index (χ0n) is 15.9. The van der Waals surface area contributed by atoms with Gasteiger partial charge < -0.3 is 4.90 Å². The molecule has 0 bridgehead atoms. The number of rotatable bonds is 5. The summed E-state index contributed by atoms with van der Waals surface area (Å²) in [7, 11) is 1.83. The van der Waals surface area contributed by atoms with E-state index >= 15 is 0 Å². The minimum atomic E-state index is -0.352. The fourth-order valence-corrected chi connectivity index (χ4v) is 3.71. The van der Waals surface area contributed by atoms with E-state index in [0.29, 0.717) is 34.1 Å². The van der Waals surface area contributed by atoms with Crippen molar-refractivity contribution in [3.05, 3.63) is 107 Å². The molecule has 2 amide bonds. The van der Waals surface area contributed by atoms with E-state index < -0.39 is 0 Å². The van der Waals surface area contributed by atoms with Gasteiger partial charge in [0.25, 0.3) is 11.8 Å². The molecule has 0 atom stereocenters. The Morgan fingerprint density at radius 3 is 2.14 bits per heavy atom. The number of imide groups is 1. The van der Waals surface area contributed by atoms with Gasteiger partial charge in [-0.25, -0.2) is 4.90 Å². The molecular weight excluding hydrogens is 384 g/mol. The molecule has 3 aromatic rings. The van der Waals surface area contributed by atoms with Gasteiger partial charge in [-0.15, -0.1) is 0 Å². The zero-order valence-corrected chi connectivity index (χ0v) is 16.6. The Morgan fingerprint density at radius 2 is 1.48 bits per heavy atom. The molecule has 0 saturated carbocycles. The van der Waals surface area contributed by atoms with Crippen molar-refractivity contribution in [3.63, 3.8) is 0 Å². The highest BCUT2D eigenvalue weighted by Gasteiger charge is 2.41. The highest BCUT2D eigenvalue weighted by Crippen LogP contribution is 2.35. The second-order valence-electron chi connectivity index (χ2n) is 6.86. The van der Waals surface area contributed by atoms with Crippen molar-refractivity contribution in [1.29, 1.82) is 0 Å². The molecule has 0 N–H and O–H groups in total. The van der Waals surface area contributed by atoms with Crippen molar-refractivity contribution in [1.82, 2.24) is 4.90 Å². The number of hydrogen-bond acceptors (Lipinski definition) is 3. The lowest BCUT2D eigenvalue weighted by Gasteiger charge is -2.21. The first-order valence-corrected chi connectivity index (χ1v) is 9.63. The molecule has 1 aliphatic rings. The third-order valence-corrected chi connectivity index (χ3v) is 5.07. The quantitative estimate of drug-likeness (QED) is 0.578. The summed E-state index contributed by atoms with van der Waals surface area (Å²) in [5.41, 5.74) is 3.00. The van der Waals surface area contributed by atoms with Gasteiger partial charge in [0.05, 0.1) is 11.3 Å². The standard InChI is InChI=1S/C24H19ClN2O2/c1-26(16-17-9-4-2-5-10-17)22-21(18-11-6-3-7-12-18)23(28)27(24(22)29)20-14-8-13-19(25)15-20/h2-15H,16H2,1H3. The van der Waals surface area contributed by atoms with E-state index in [9.17, 15) is 9.59 Å². The summed E-state index contributed by atoms with van der Waals surface area (Å²) in [6, 6.07) is 25.9. The molecule has 5 heteroatoms. The minimum absolute atomic E-state index is 0.349. The van der Waals surface area contributed by atoms with E-state index in [1.807, 2.05) is 72.6 Å². The van der Waals surface area contributed by atoms with Crippen LogP contribution in [0.2, 0.25) is 5.02 Å². The van der Waals surface area contributed by atoms with Gasteiger partial charge in [-0.2, -0.15) is 0 Å². The number of halogens is 1. The number of nitrogens with zero attached hydrogens (tertiary/aromatic N) is 2. The monoisotopic (exact) mass is 402 g/mol. The molecule has 1 aliphatic heterocycles. The Hall–Kier alpha value is -3.37. The van der Waals surface area contributed by atoms with Crippen LogP contribution in [-0.4, -0.2) is 23.8 Å². The van der Waals surface area contributed by atoms with Crippen molar-refractivity contribution in [2.45, 2.75) is 6.54 Å². The average Bonchev–Trinajstić information content (AvgIpc) is 2.99. The van der Waals surface area contributed by atoms with Crippen LogP contribution in [0.1, 0.15) is 11.1 Å². The summed E-state index contributed by atoms with van der Waals surface area (Å²) >= 11 is 6.11. The zero-order chi connectivity index (χ0) is 20.4. The maximum absolute atomic E-state index is 13.4. The van der Waals surface area contributed by atoms with E-state index in [0.717, 1.165) is 5.56 Å². The predicted octanol–water partition coefficient (Wildman–Crippen LogP) is 4.76. The van der Waals surface area contributed by atoms with Crippen LogP contribution in [0, 0.1) is 0 Å². The first-order valence-electron chi connectivity index (χ1n) is 9.25. The molecule has 1 heterocycles. The fraction of sp³-hybridized carbons (Fsp3) is 0.0833. The molecule has 29 heavy (non-hydrogen) atoms. The third kappa shape index (κ3) is 3.67. The van der Waals surface area contributed by atoms with Crippen LogP contribution in [0.4, 0.5) is 5.69 Å². The topological polar surface area (TPSA) is 40.6 Å². The molecule has 0 saturated heterocycles. The van der Waals surface area contributed by atoms with Crippen LogP contribution in [0.25, 0.3) is 5.57 Å². The number of carbonyl (C=O) groups excluding carboxylic acids is 2. The normalized spacial score (nSPS) is 13.9. The van der Waals surface area contributed by atoms with Crippen LogP contribution < -0.4 is 4.90 Å². The Balaban J connectivity index is 1.79. The first kappa shape index (κ1) is 19.0. The number of likely N-dealkylation sites (N-methyl/N-ethyl adjacent to an activating group) is 1. The maximum Gasteiger partial charge on any atom is 0.282 e. The van der Waals surface area contributed by atoms with Gasteiger partial charge in [-0.1, -0.05) is 78.3 Å². The summed E-state index contributed by atoms with van der Waals surface area (Å²) in [5, 5.41) is 0.468. The summed E-state index contributed by atoms with van der Waals surface area (Å²) < 4.78 is 0. The lowest BCUT2D eigenvalue weighted by Crippen LogP contribution is -2.34. The number of anilines is 1. The highest BCUT2D eigenvalue weighted by molar-refractivity contribution is 6.45. The molecule has 0 aromatic heterocycles. The molecule has 0 fully saturated rings. The van der Waals surface area contributed by atoms with Crippen molar-refractivity contribution in [2.75, 3.05) is 11.9 Å². The van der Waals surface area contributed by atoms with Crippen molar-refractivity contribution >= 4 is 34.7 Å². The Labute approximate surface area is 174 Å². The summed E-state index contributed by atoms with van der Waals surface area (Å²) in [6.45, 7) is 0.509. The molecule has 3 aromatic carbocycles. The van der Waals surface area contributed by atoms with Gasteiger partial charge in [-0.3, -0.25) is 9.59 Å². The van der Waals surface area contributed by atoms with E-state index in [2.05, 4.69) is 0 Å². The Morgan fingerprint density at radius 1 is 0.828 bits per heavy atom. The van der Waals surface area contributed by atoms with Gasteiger partial charge in [-0.05, 0) is 29.3 Å². The fourth-order valence-electron chi connectivity index (χ4n) is 3.52. The lowest BCUT2D eigenvalue weighted by molar-refractivity contribution is -0.120. The van der Waals surface area contributed by atoms with Gasteiger partial charge in [0.2, 0.25) is 0 Å². The van der Waals surface area contributed by atoms with Crippen LogP contribution in [0.3, 0.4) is 0 Å².